The molecule has 5 nitrogen and oxygen atoms in total. The normalized spacial score (nSPS) is 11.6. The minimum Gasteiger partial charge on any atom is -0.494 e. The number of ether oxygens (including phenoxy) is 1. The number of nitrogens with one attached hydrogen (secondary N) is 1. The molecule has 0 aliphatic rings. The molecule has 0 aromatic heterocycles. The Hall–Kier alpha value is -1.27. The first-order chi connectivity index (χ1) is 8.88. The van der Waals surface area contributed by atoms with Crippen LogP contribution >= 0.6 is 0 Å². The molecule has 0 atom stereocenters. The Morgan fingerprint density at radius 2 is 2.05 bits per heavy atom. The van der Waals surface area contributed by atoms with E-state index in [1.165, 1.54) is 0 Å². The molecule has 0 fully saturated rings. The minimum atomic E-state index is -3.36. The van der Waals surface area contributed by atoms with E-state index in [2.05, 4.69) is 4.72 Å². The zero-order chi connectivity index (χ0) is 14.5. The molecule has 0 saturated carbocycles. The molecule has 0 aliphatic carbocycles. The van der Waals surface area contributed by atoms with Gasteiger partial charge in [-0.1, -0.05) is 13.8 Å². The molecule has 0 amide bonds. The van der Waals surface area contributed by atoms with Crippen molar-refractivity contribution >= 4 is 15.7 Å². The third kappa shape index (κ3) is 5.08. The van der Waals surface area contributed by atoms with E-state index in [0.29, 0.717) is 23.6 Å². The second-order valence-corrected chi connectivity index (χ2v) is 6.46. The maximum absolute atomic E-state index is 11.8. The van der Waals surface area contributed by atoms with Gasteiger partial charge in [0.2, 0.25) is 10.0 Å². The van der Waals surface area contributed by atoms with E-state index in [1.807, 2.05) is 20.8 Å². The van der Waals surface area contributed by atoms with Crippen LogP contribution in [0, 0.1) is 5.92 Å². The van der Waals surface area contributed by atoms with Crippen molar-refractivity contribution in [2.45, 2.75) is 27.4 Å². The van der Waals surface area contributed by atoms with Crippen LogP contribution in [0.1, 0.15) is 26.3 Å². The van der Waals surface area contributed by atoms with Gasteiger partial charge in [0.15, 0.2) is 0 Å². The summed E-state index contributed by atoms with van der Waals surface area (Å²) in [6.07, 6.45) is 0. The van der Waals surface area contributed by atoms with Crippen molar-refractivity contribution in [1.82, 2.24) is 0 Å². The third-order valence-corrected chi connectivity index (χ3v) is 4.01. The molecule has 0 unspecified atom stereocenters. The first-order valence-electron chi connectivity index (χ1n) is 6.25. The Kier molecular flexibility index (Phi) is 5.62. The fraction of sp³-hybridized carbons (Fsp3) is 0.538. The van der Waals surface area contributed by atoms with E-state index in [9.17, 15) is 13.5 Å². The predicted molar refractivity (Wildman–Crippen MR) is 75.8 cm³/mol. The summed E-state index contributed by atoms with van der Waals surface area (Å²) in [6, 6.07) is 4.87. The van der Waals surface area contributed by atoms with Crippen LogP contribution in [0.3, 0.4) is 0 Å². The van der Waals surface area contributed by atoms with Crippen molar-refractivity contribution in [3.05, 3.63) is 23.8 Å². The molecule has 0 heterocycles. The molecule has 1 rings (SSSR count). The Balaban J connectivity index is 2.91. The summed E-state index contributed by atoms with van der Waals surface area (Å²) in [6.45, 7) is 5.83. The van der Waals surface area contributed by atoms with Crippen LogP contribution in [0.2, 0.25) is 0 Å². The SMILES string of the molecule is CCOc1ccc(NS(=O)(=O)CC(C)C)cc1CO. The van der Waals surface area contributed by atoms with Crippen LogP contribution < -0.4 is 9.46 Å². The van der Waals surface area contributed by atoms with Gasteiger partial charge in [0.05, 0.1) is 19.0 Å². The van der Waals surface area contributed by atoms with E-state index in [0.717, 1.165) is 0 Å². The minimum absolute atomic E-state index is 0.0533. The standard InChI is InChI=1S/C13H21NO4S/c1-4-18-13-6-5-12(7-11(13)8-15)14-19(16,17)9-10(2)3/h5-7,10,14-15H,4,8-9H2,1-3H3. The summed E-state index contributed by atoms with van der Waals surface area (Å²) in [4.78, 5) is 0. The zero-order valence-electron chi connectivity index (χ0n) is 11.5. The lowest BCUT2D eigenvalue weighted by Crippen LogP contribution is -2.20. The van der Waals surface area contributed by atoms with Crippen molar-refractivity contribution in [3.8, 4) is 5.75 Å². The van der Waals surface area contributed by atoms with E-state index < -0.39 is 10.0 Å². The predicted octanol–water partition coefficient (Wildman–Crippen LogP) is 1.98. The molecule has 1 aromatic rings. The number of aliphatic hydroxyl groups excluding tert-OH is 1. The van der Waals surface area contributed by atoms with Crippen LogP contribution in [0.15, 0.2) is 18.2 Å². The molecule has 0 saturated heterocycles. The lowest BCUT2D eigenvalue weighted by atomic mass is 10.2. The maximum Gasteiger partial charge on any atom is 0.232 e. The van der Waals surface area contributed by atoms with Crippen LogP contribution in [0.25, 0.3) is 0 Å². The first-order valence-corrected chi connectivity index (χ1v) is 7.90. The third-order valence-electron chi connectivity index (χ3n) is 2.36. The van der Waals surface area contributed by atoms with Gasteiger partial charge in [-0.3, -0.25) is 4.72 Å². The number of hydrogen-bond acceptors (Lipinski definition) is 4. The molecule has 108 valence electrons. The fourth-order valence-corrected chi connectivity index (χ4v) is 3.17. The quantitative estimate of drug-likeness (QED) is 0.804. The van der Waals surface area contributed by atoms with Crippen molar-refractivity contribution in [3.63, 3.8) is 0 Å². The van der Waals surface area contributed by atoms with Gasteiger partial charge in [0, 0.05) is 11.3 Å². The number of benzene rings is 1. The van der Waals surface area contributed by atoms with E-state index in [-0.39, 0.29) is 18.3 Å². The topological polar surface area (TPSA) is 75.6 Å². The largest absolute Gasteiger partial charge is 0.494 e. The highest BCUT2D eigenvalue weighted by Crippen LogP contribution is 2.23. The van der Waals surface area contributed by atoms with Crippen molar-refractivity contribution in [2.75, 3.05) is 17.1 Å². The number of hydrogen-bond donors (Lipinski definition) is 2. The van der Waals surface area contributed by atoms with Gasteiger partial charge in [-0.2, -0.15) is 0 Å². The molecular formula is C13H21NO4S. The lowest BCUT2D eigenvalue weighted by molar-refractivity contribution is 0.267. The zero-order valence-corrected chi connectivity index (χ0v) is 12.3. The van der Waals surface area contributed by atoms with Gasteiger partial charge >= 0.3 is 0 Å². The molecular weight excluding hydrogens is 266 g/mol. The van der Waals surface area contributed by atoms with Gasteiger partial charge < -0.3 is 9.84 Å². The molecule has 1 aromatic carbocycles. The highest BCUT2D eigenvalue weighted by molar-refractivity contribution is 7.92. The average Bonchev–Trinajstić information content (AvgIpc) is 2.29. The Bertz CT molecular complexity index is 511. The highest BCUT2D eigenvalue weighted by atomic mass is 32.2. The van der Waals surface area contributed by atoms with Gasteiger partial charge in [-0.05, 0) is 31.0 Å². The van der Waals surface area contributed by atoms with Crippen LogP contribution in [0.5, 0.6) is 5.75 Å². The summed E-state index contributed by atoms with van der Waals surface area (Å²) in [5.41, 5.74) is 1.000. The van der Waals surface area contributed by atoms with Gasteiger partial charge in [-0.15, -0.1) is 0 Å². The monoisotopic (exact) mass is 287 g/mol. The molecule has 6 heteroatoms. The summed E-state index contributed by atoms with van der Waals surface area (Å²) < 4.78 is 31.5. The average molecular weight is 287 g/mol. The van der Waals surface area contributed by atoms with Crippen molar-refractivity contribution < 1.29 is 18.3 Å². The van der Waals surface area contributed by atoms with Crippen LogP contribution in [-0.4, -0.2) is 25.9 Å². The van der Waals surface area contributed by atoms with E-state index in [1.54, 1.807) is 18.2 Å². The van der Waals surface area contributed by atoms with Gasteiger partial charge in [-0.25, -0.2) is 8.42 Å². The fourth-order valence-electron chi connectivity index (χ4n) is 1.72. The second kappa shape index (κ2) is 6.77. The van der Waals surface area contributed by atoms with E-state index in [4.69, 9.17) is 4.74 Å². The molecule has 0 aliphatic heterocycles. The number of sulfonamides is 1. The van der Waals surface area contributed by atoms with Crippen molar-refractivity contribution in [1.29, 1.82) is 0 Å². The summed E-state index contributed by atoms with van der Waals surface area (Å²) in [7, 11) is -3.36. The van der Waals surface area contributed by atoms with Crippen molar-refractivity contribution in [2.24, 2.45) is 5.92 Å². The van der Waals surface area contributed by atoms with Crippen LogP contribution in [0.4, 0.5) is 5.69 Å². The number of aliphatic hydroxyl groups is 1. The van der Waals surface area contributed by atoms with Gasteiger partial charge in [0.1, 0.15) is 5.75 Å². The first kappa shape index (κ1) is 15.8. The smallest absolute Gasteiger partial charge is 0.232 e. The Labute approximate surface area is 114 Å². The second-order valence-electron chi connectivity index (χ2n) is 4.69. The summed E-state index contributed by atoms with van der Waals surface area (Å²) in [5.74, 6) is 0.684. The van der Waals surface area contributed by atoms with Gasteiger partial charge in [0.25, 0.3) is 0 Å². The number of anilines is 1. The maximum atomic E-state index is 11.8. The Morgan fingerprint density at radius 1 is 1.37 bits per heavy atom. The number of rotatable bonds is 7. The summed E-state index contributed by atoms with van der Waals surface area (Å²) >= 11 is 0. The molecule has 0 radical (unpaired) electrons. The molecule has 0 bridgehead atoms. The molecule has 19 heavy (non-hydrogen) atoms. The Morgan fingerprint density at radius 3 is 2.58 bits per heavy atom. The molecule has 0 spiro atoms. The lowest BCUT2D eigenvalue weighted by Gasteiger charge is -2.13. The van der Waals surface area contributed by atoms with Crippen LogP contribution in [-0.2, 0) is 16.6 Å². The van der Waals surface area contributed by atoms with E-state index >= 15 is 0 Å². The molecule has 2 N–H and O–H groups in total. The highest BCUT2D eigenvalue weighted by Gasteiger charge is 2.14. The summed E-state index contributed by atoms with van der Waals surface area (Å²) in [5, 5.41) is 9.26.